The molecule has 2 rings (SSSR count). The summed E-state index contributed by atoms with van der Waals surface area (Å²) >= 11 is 0. The quantitative estimate of drug-likeness (QED) is 0.714. The largest absolute Gasteiger partial charge is 0.494 e. The zero-order valence-corrected chi connectivity index (χ0v) is 11.5. The van der Waals surface area contributed by atoms with E-state index < -0.39 is 0 Å². The van der Waals surface area contributed by atoms with Gasteiger partial charge in [0.05, 0.1) is 6.61 Å². The summed E-state index contributed by atoms with van der Waals surface area (Å²) in [5.74, 6) is 0.953. The van der Waals surface area contributed by atoms with Gasteiger partial charge in [0.25, 0.3) is 0 Å². The summed E-state index contributed by atoms with van der Waals surface area (Å²) in [6.45, 7) is 5.86. The Morgan fingerprint density at radius 3 is 2.61 bits per heavy atom. The first-order valence-electron chi connectivity index (χ1n) is 6.92. The minimum atomic E-state index is 0.727. The summed E-state index contributed by atoms with van der Waals surface area (Å²) in [5.41, 5.74) is 1.31. The Morgan fingerprint density at radius 1 is 1.28 bits per heavy atom. The Morgan fingerprint density at radius 2 is 2.00 bits per heavy atom. The molecule has 1 aromatic rings. The highest BCUT2D eigenvalue weighted by atomic mass is 16.5. The van der Waals surface area contributed by atoms with Gasteiger partial charge in [-0.25, -0.2) is 0 Å². The van der Waals surface area contributed by atoms with E-state index in [2.05, 4.69) is 29.4 Å². The second-order valence-corrected chi connectivity index (χ2v) is 4.97. The fraction of sp³-hybridized carbons (Fsp3) is 0.600. The van der Waals surface area contributed by atoms with Crippen LogP contribution in [0.4, 0.5) is 0 Å². The van der Waals surface area contributed by atoms with Crippen LogP contribution in [0.1, 0.15) is 25.3 Å². The van der Waals surface area contributed by atoms with Crippen LogP contribution in [0.3, 0.4) is 0 Å². The maximum atomic E-state index is 5.42. The van der Waals surface area contributed by atoms with Gasteiger partial charge < -0.3 is 15.0 Å². The summed E-state index contributed by atoms with van der Waals surface area (Å²) < 4.78 is 5.42. The number of nitrogens with one attached hydrogen (secondary N) is 1. The van der Waals surface area contributed by atoms with Gasteiger partial charge in [-0.3, -0.25) is 0 Å². The maximum Gasteiger partial charge on any atom is 0.119 e. The predicted octanol–water partition coefficient (Wildman–Crippen LogP) is 2.27. The van der Waals surface area contributed by atoms with E-state index in [1.165, 1.54) is 18.4 Å². The van der Waals surface area contributed by atoms with Crippen molar-refractivity contribution < 1.29 is 4.74 Å². The number of likely N-dealkylation sites (N-methyl/N-ethyl adjacent to an activating group) is 1. The van der Waals surface area contributed by atoms with Gasteiger partial charge in [0.1, 0.15) is 5.75 Å². The third-order valence-corrected chi connectivity index (χ3v) is 3.37. The predicted molar refractivity (Wildman–Crippen MR) is 75.0 cm³/mol. The van der Waals surface area contributed by atoms with E-state index in [9.17, 15) is 0 Å². The average molecular weight is 248 g/mol. The molecule has 3 nitrogen and oxygen atoms in total. The van der Waals surface area contributed by atoms with Crippen LogP contribution in [0, 0.1) is 0 Å². The molecule has 0 amide bonds. The fourth-order valence-electron chi connectivity index (χ4n) is 2.06. The monoisotopic (exact) mass is 248 g/mol. The van der Waals surface area contributed by atoms with Crippen LogP contribution in [0.25, 0.3) is 0 Å². The van der Waals surface area contributed by atoms with Crippen molar-refractivity contribution in [2.24, 2.45) is 0 Å². The van der Waals surface area contributed by atoms with Gasteiger partial charge in [0.2, 0.25) is 0 Å². The Bertz CT molecular complexity index is 346. The molecule has 0 aliphatic heterocycles. The number of rotatable bonds is 8. The number of hydrogen-bond acceptors (Lipinski definition) is 3. The molecule has 0 heterocycles. The summed E-state index contributed by atoms with van der Waals surface area (Å²) in [6, 6.07) is 9.19. The molecule has 0 radical (unpaired) electrons. The van der Waals surface area contributed by atoms with E-state index >= 15 is 0 Å². The summed E-state index contributed by atoms with van der Waals surface area (Å²) in [7, 11) is 2.22. The van der Waals surface area contributed by atoms with Crippen LogP contribution in [0.2, 0.25) is 0 Å². The van der Waals surface area contributed by atoms with E-state index in [0.29, 0.717) is 0 Å². The molecule has 0 unspecified atom stereocenters. The molecule has 1 aromatic carbocycles. The van der Waals surface area contributed by atoms with Crippen molar-refractivity contribution >= 4 is 0 Å². The molecule has 1 fully saturated rings. The van der Waals surface area contributed by atoms with Crippen molar-refractivity contribution in [1.82, 2.24) is 10.2 Å². The molecule has 100 valence electrons. The van der Waals surface area contributed by atoms with Crippen molar-refractivity contribution in [3.63, 3.8) is 0 Å². The lowest BCUT2D eigenvalue weighted by molar-refractivity contribution is 0.321. The van der Waals surface area contributed by atoms with Crippen LogP contribution >= 0.6 is 0 Å². The van der Waals surface area contributed by atoms with Gasteiger partial charge in [-0.1, -0.05) is 12.1 Å². The standard InChI is InChI=1S/C15H24N2O/c1-3-18-15-8-4-13(5-9-15)12-16-10-11-17(2)14-6-7-14/h4-5,8-9,14,16H,3,6-7,10-12H2,1-2H3. The van der Waals surface area contributed by atoms with Crippen LogP contribution in [-0.2, 0) is 6.54 Å². The number of nitrogens with zero attached hydrogens (tertiary/aromatic N) is 1. The van der Waals surface area contributed by atoms with E-state index in [4.69, 9.17) is 4.74 Å². The molecular formula is C15H24N2O. The molecule has 0 saturated heterocycles. The lowest BCUT2D eigenvalue weighted by Crippen LogP contribution is -2.30. The van der Waals surface area contributed by atoms with Crippen molar-refractivity contribution in [2.75, 3.05) is 26.7 Å². The van der Waals surface area contributed by atoms with Crippen LogP contribution in [0.15, 0.2) is 24.3 Å². The number of hydrogen-bond donors (Lipinski definition) is 1. The van der Waals surface area contributed by atoms with Crippen molar-refractivity contribution in [1.29, 1.82) is 0 Å². The molecule has 1 aliphatic carbocycles. The molecule has 1 aliphatic rings. The maximum absolute atomic E-state index is 5.42. The van der Waals surface area contributed by atoms with E-state index in [1.807, 2.05) is 19.1 Å². The second kappa shape index (κ2) is 6.76. The van der Waals surface area contributed by atoms with E-state index in [0.717, 1.165) is 38.0 Å². The van der Waals surface area contributed by atoms with Gasteiger partial charge in [-0.2, -0.15) is 0 Å². The third kappa shape index (κ3) is 4.31. The Kier molecular flexibility index (Phi) is 5.02. The first-order chi connectivity index (χ1) is 8.79. The Labute approximate surface area is 110 Å². The molecule has 0 bridgehead atoms. The van der Waals surface area contributed by atoms with Crippen LogP contribution < -0.4 is 10.1 Å². The first-order valence-corrected chi connectivity index (χ1v) is 6.92. The van der Waals surface area contributed by atoms with E-state index in [-0.39, 0.29) is 0 Å². The van der Waals surface area contributed by atoms with Gasteiger partial charge in [-0.15, -0.1) is 0 Å². The lowest BCUT2D eigenvalue weighted by Gasteiger charge is -2.15. The highest BCUT2D eigenvalue weighted by Gasteiger charge is 2.25. The topological polar surface area (TPSA) is 24.5 Å². The van der Waals surface area contributed by atoms with Gasteiger partial charge in [0, 0.05) is 25.7 Å². The number of ether oxygens (including phenoxy) is 1. The SMILES string of the molecule is CCOc1ccc(CNCCN(C)C2CC2)cc1. The highest BCUT2D eigenvalue weighted by Crippen LogP contribution is 2.24. The Hall–Kier alpha value is -1.06. The summed E-state index contributed by atoms with van der Waals surface area (Å²) in [4.78, 5) is 2.45. The number of benzene rings is 1. The third-order valence-electron chi connectivity index (χ3n) is 3.37. The zero-order chi connectivity index (χ0) is 12.8. The molecular weight excluding hydrogens is 224 g/mol. The van der Waals surface area contributed by atoms with Crippen molar-refractivity contribution in [2.45, 2.75) is 32.4 Å². The van der Waals surface area contributed by atoms with Crippen LogP contribution in [-0.4, -0.2) is 37.7 Å². The first kappa shape index (κ1) is 13.4. The minimum absolute atomic E-state index is 0.727. The second-order valence-electron chi connectivity index (χ2n) is 4.97. The smallest absolute Gasteiger partial charge is 0.119 e. The van der Waals surface area contributed by atoms with Crippen molar-refractivity contribution in [3.05, 3.63) is 29.8 Å². The van der Waals surface area contributed by atoms with E-state index in [1.54, 1.807) is 0 Å². The summed E-state index contributed by atoms with van der Waals surface area (Å²) in [6.07, 6.45) is 2.77. The Balaban J connectivity index is 1.63. The van der Waals surface area contributed by atoms with Crippen LogP contribution in [0.5, 0.6) is 5.75 Å². The van der Waals surface area contributed by atoms with Gasteiger partial charge >= 0.3 is 0 Å². The molecule has 3 heteroatoms. The molecule has 1 N–H and O–H groups in total. The average Bonchev–Trinajstić information content (AvgIpc) is 3.21. The van der Waals surface area contributed by atoms with Gasteiger partial charge in [0.15, 0.2) is 0 Å². The van der Waals surface area contributed by atoms with Gasteiger partial charge in [-0.05, 0) is 44.5 Å². The normalized spacial score (nSPS) is 15.1. The molecule has 1 saturated carbocycles. The molecule has 0 aromatic heterocycles. The molecule has 0 spiro atoms. The minimum Gasteiger partial charge on any atom is -0.494 e. The zero-order valence-electron chi connectivity index (χ0n) is 11.5. The van der Waals surface area contributed by atoms with Crippen molar-refractivity contribution in [3.8, 4) is 5.75 Å². The highest BCUT2D eigenvalue weighted by molar-refractivity contribution is 5.27. The summed E-state index contributed by atoms with van der Waals surface area (Å²) in [5, 5.41) is 3.48. The fourth-order valence-corrected chi connectivity index (χ4v) is 2.06. The molecule has 0 atom stereocenters. The lowest BCUT2D eigenvalue weighted by atomic mass is 10.2. The molecule has 18 heavy (non-hydrogen) atoms.